The van der Waals surface area contributed by atoms with Gasteiger partial charge in [0.05, 0.1) is 6.61 Å². The maximum absolute atomic E-state index is 13.5. The van der Waals surface area contributed by atoms with E-state index < -0.39 is 0 Å². The lowest BCUT2D eigenvalue weighted by Crippen LogP contribution is -2.18. The van der Waals surface area contributed by atoms with Crippen LogP contribution >= 0.6 is 11.6 Å². The highest BCUT2D eigenvalue weighted by atomic mass is 35.5. The molecule has 2 nitrogen and oxygen atoms in total. The van der Waals surface area contributed by atoms with Crippen molar-refractivity contribution in [3.63, 3.8) is 0 Å². The third-order valence-corrected chi connectivity index (χ3v) is 2.38. The Bertz CT molecular complexity index is 318. The van der Waals surface area contributed by atoms with Gasteiger partial charge in [0.15, 0.2) is 0 Å². The lowest BCUT2D eigenvalue weighted by molar-refractivity contribution is 0.181. The minimum absolute atomic E-state index is 0.00579. The van der Waals surface area contributed by atoms with Crippen LogP contribution < -0.4 is 5.73 Å². The van der Waals surface area contributed by atoms with E-state index in [1.807, 2.05) is 6.92 Å². The number of benzene rings is 1. The maximum Gasteiger partial charge on any atom is 0.130 e. The molecule has 0 aliphatic heterocycles. The minimum Gasteiger partial charge on any atom is -0.380 e. The third kappa shape index (κ3) is 3.45. The van der Waals surface area contributed by atoms with Crippen molar-refractivity contribution in [1.82, 2.24) is 0 Å². The van der Waals surface area contributed by atoms with Gasteiger partial charge in [-0.25, -0.2) is 4.39 Å². The first-order chi connectivity index (χ1) is 7.04. The van der Waals surface area contributed by atoms with Crippen molar-refractivity contribution in [1.29, 1.82) is 0 Å². The molecular formula is C11H15ClFNO. The van der Waals surface area contributed by atoms with Gasteiger partial charge in [0, 0.05) is 23.7 Å². The molecular weight excluding hydrogens is 217 g/mol. The van der Waals surface area contributed by atoms with E-state index in [-0.39, 0.29) is 18.5 Å². The van der Waals surface area contributed by atoms with Gasteiger partial charge in [-0.15, -0.1) is 0 Å². The van der Waals surface area contributed by atoms with Crippen LogP contribution in [0.1, 0.15) is 18.1 Å². The first-order valence-corrected chi connectivity index (χ1v) is 5.13. The first kappa shape index (κ1) is 12.4. The fraction of sp³-hybridized carbons (Fsp3) is 0.455. The smallest absolute Gasteiger partial charge is 0.130 e. The molecule has 1 aromatic carbocycles. The summed E-state index contributed by atoms with van der Waals surface area (Å²) in [6.07, 6.45) is 0.615. The second-order valence-corrected chi connectivity index (χ2v) is 4.06. The Morgan fingerprint density at radius 1 is 1.53 bits per heavy atom. The molecule has 0 aromatic heterocycles. The van der Waals surface area contributed by atoms with Crippen LogP contribution in [0.25, 0.3) is 0 Å². The molecule has 0 saturated heterocycles. The van der Waals surface area contributed by atoms with Crippen molar-refractivity contribution in [2.45, 2.75) is 26.0 Å². The van der Waals surface area contributed by atoms with E-state index >= 15 is 0 Å². The fourth-order valence-electron chi connectivity index (χ4n) is 1.43. The lowest BCUT2D eigenvalue weighted by atomic mass is 10.1. The Balaban J connectivity index is 2.97. The van der Waals surface area contributed by atoms with Crippen molar-refractivity contribution >= 4 is 11.6 Å². The predicted octanol–water partition coefficient (Wildman–Crippen LogP) is 2.52. The molecule has 1 aromatic rings. The maximum atomic E-state index is 13.5. The zero-order chi connectivity index (χ0) is 11.4. The van der Waals surface area contributed by atoms with Crippen molar-refractivity contribution in [2.24, 2.45) is 5.73 Å². The second kappa shape index (κ2) is 5.45. The fourth-order valence-corrected chi connectivity index (χ4v) is 1.71. The van der Waals surface area contributed by atoms with Crippen molar-refractivity contribution < 1.29 is 9.13 Å². The molecule has 1 atom stereocenters. The van der Waals surface area contributed by atoms with Crippen LogP contribution in [0.2, 0.25) is 5.02 Å². The van der Waals surface area contributed by atoms with E-state index in [1.54, 1.807) is 6.07 Å². The summed E-state index contributed by atoms with van der Waals surface area (Å²) in [5, 5.41) is 0.396. The van der Waals surface area contributed by atoms with Crippen LogP contribution in [0.5, 0.6) is 0 Å². The number of methoxy groups -OCH3 is 1. The molecule has 0 bridgehead atoms. The summed E-state index contributed by atoms with van der Waals surface area (Å²) in [6.45, 7) is 2.05. The van der Waals surface area contributed by atoms with Crippen LogP contribution in [0, 0.1) is 5.82 Å². The number of rotatable bonds is 4. The molecule has 0 fully saturated rings. The molecule has 0 aliphatic rings. The normalized spacial score (nSPS) is 12.9. The summed E-state index contributed by atoms with van der Waals surface area (Å²) in [4.78, 5) is 0. The van der Waals surface area contributed by atoms with Gasteiger partial charge >= 0.3 is 0 Å². The Morgan fingerprint density at radius 2 is 2.20 bits per heavy atom. The van der Waals surface area contributed by atoms with Gasteiger partial charge in [0.2, 0.25) is 0 Å². The monoisotopic (exact) mass is 231 g/mol. The molecule has 0 amide bonds. The number of halogens is 2. The van der Waals surface area contributed by atoms with Gasteiger partial charge in [0.25, 0.3) is 0 Å². The average molecular weight is 232 g/mol. The minimum atomic E-state index is -0.333. The molecule has 0 heterocycles. The second-order valence-electron chi connectivity index (χ2n) is 3.65. The summed E-state index contributed by atoms with van der Waals surface area (Å²) in [5.41, 5.74) is 6.84. The van der Waals surface area contributed by atoms with Crippen molar-refractivity contribution in [2.75, 3.05) is 7.11 Å². The molecule has 0 radical (unpaired) electrons. The quantitative estimate of drug-likeness (QED) is 0.864. The first-order valence-electron chi connectivity index (χ1n) is 4.76. The van der Waals surface area contributed by atoms with Gasteiger partial charge in [-0.05, 0) is 31.0 Å². The van der Waals surface area contributed by atoms with E-state index in [0.29, 0.717) is 17.0 Å². The van der Waals surface area contributed by atoms with Crippen molar-refractivity contribution in [3.8, 4) is 0 Å². The van der Waals surface area contributed by atoms with Gasteiger partial charge in [-0.3, -0.25) is 0 Å². The average Bonchev–Trinajstić information content (AvgIpc) is 2.10. The molecule has 2 N–H and O–H groups in total. The van der Waals surface area contributed by atoms with E-state index in [9.17, 15) is 4.39 Å². The van der Waals surface area contributed by atoms with Gasteiger partial charge in [-0.2, -0.15) is 0 Å². The van der Waals surface area contributed by atoms with Crippen LogP contribution in [0.15, 0.2) is 12.1 Å². The Morgan fingerprint density at radius 3 is 2.67 bits per heavy atom. The number of hydrogen-bond acceptors (Lipinski definition) is 2. The molecule has 1 unspecified atom stereocenters. The van der Waals surface area contributed by atoms with Crippen LogP contribution in [-0.4, -0.2) is 13.2 Å². The molecule has 84 valence electrons. The van der Waals surface area contributed by atoms with E-state index in [1.165, 1.54) is 13.2 Å². The standard InChI is InChI=1S/C11H15ClFNO/c1-7(14)3-8-4-10(12)9(6-15-2)11(13)5-8/h4-5,7H,3,6,14H2,1-2H3. The Kier molecular flexibility index (Phi) is 4.51. The Hall–Kier alpha value is -0.640. The van der Waals surface area contributed by atoms with Gasteiger partial charge in [-0.1, -0.05) is 11.6 Å². The Labute approximate surface area is 94.2 Å². The van der Waals surface area contributed by atoms with Gasteiger partial charge in [0.1, 0.15) is 5.82 Å². The molecule has 0 spiro atoms. The summed E-state index contributed by atoms with van der Waals surface area (Å²) < 4.78 is 18.4. The van der Waals surface area contributed by atoms with Gasteiger partial charge < -0.3 is 10.5 Å². The predicted molar refractivity (Wildman–Crippen MR) is 59.5 cm³/mol. The molecule has 0 saturated carbocycles. The van der Waals surface area contributed by atoms with E-state index in [4.69, 9.17) is 22.1 Å². The molecule has 1 rings (SSSR count). The molecule has 4 heteroatoms. The summed E-state index contributed by atoms with van der Waals surface area (Å²) in [6, 6.07) is 3.19. The highest BCUT2D eigenvalue weighted by molar-refractivity contribution is 6.31. The number of nitrogens with two attached hydrogens (primary N) is 1. The third-order valence-electron chi connectivity index (χ3n) is 2.05. The van der Waals surface area contributed by atoms with Crippen LogP contribution in [-0.2, 0) is 17.8 Å². The lowest BCUT2D eigenvalue weighted by Gasteiger charge is -2.10. The van der Waals surface area contributed by atoms with E-state index in [2.05, 4.69) is 0 Å². The zero-order valence-electron chi connectivity index (χ0n) is 8.89. The summed E-state index contributed by atoms with van der Waals surface area (Å²) in [7, 11) is 1.51. The van der Waals surface area contributed by atoms with E-state index in [0.717, 1.165) is 5.56 Å². The summed E-state index contributed by atoms with van der Waals surface area (Å²) in [5.74, 6) is -0.333. The number of hydrogen-bond donors (Lipinski definition) is 1. The largest absolute Gasteiger partial charge is 0.380 e. The highest BCUT2D eigenvalue weighted by Crippen LogP contribution is 2.22. The highest BCUT2D eigenvalue weighted by Gasteiger charge is 2.10. The summed E-state index contributed by atoms with van der Waals surface area (Å²) >= 11 is 5.94. The van der Waals surface area contributed by atoms with Crippen molar-refractivity contribution in [3.05, 3.63) is 34.1 Å². The molecule has 0 aliphatic carbocycles. The van der Waals surface area contributed by atoms with Crippen LogP contribution in [0.4, 0.5) is 4.39 Å². The number of ether oxygens (including phenoxy) is 1. The SMILES string of the molecule is COCc1c(F)cc(CC(C)N)cc1Cl. The van der Waals surface area contributed by atoms with Crippen LogP contribution in [0.3, 0.4) is 0 Å². The molecule has 15 heavy (non-hydrogen) atoms. The topological polar surface area (TPSA) is 35.2 Å². The zero-order valence-corrected chi connectivity index (χ0v) is 9.64.